The fraction of sp³-hybridized carbons (Fsp3) is 0.545. The van der Waals surface area contributed by atoms with Crippen molar-refractivity contribution in [3.05, 3.63) is 10.6 Å². The molecule has 1 aliphatic rings. The zero-order chi connectivity index (χ0) is 13.3. The van der Waals surface area contributed by atoms with Crippen molar-refractivity contribution in [1.29, 1.82) is 0 Å². The van der Waals surface area contributed by atoms with Gasteiger partial charge in [-0.25, -0.2) is 9.78 Å². The van der Waals surface area contributed by atoms with Crippen molar-refractivity contribution in [2.75, 3.05) is 18.1 Å². The van der Waals surface area contributed by atoms with Crippen LogP contribution in [0.25, 0.3) is 0 Å². The lowest BCUT2D eigenvalue weighted by atomic mass is 10.4. The smallest absolute Gasteiger partial charge is 0.358 e. The summed E-state index contributed by atoms with van der Waals surface area (Å²) in [7, 11) is 0. The van der Waals surface area contributed by atoms with Crippen molar-refractivity contribution in [1.82, 2.24) is 4.98 Å². The first-order chi connectivity index (χ1) is 8.52. The molecule has 0 N–H and O–H groups in total. The van der Waals surface area contributed by atoms with Gasteiger partial charge in [-0.2, -0.15) is 0 Å². The highest BCUT2D eigenvalue weighted by atomic mass is 35.5. The maximum Gasteiger partial charge on any atom is 0.358 e. The summed E-state index contributed by atoms with van der Waals surface area (Å²) in [6.07, 6.45) is 0.314. The summed E-state index contributed by atoms with van der Waals surface area (Å²) in [5, 5.41) is 0.330. The van der Waals surface area contributed by atoms with Gasteiger partial charge in [0, 0.05) is 17.8 Å². The van der Waals surface area contributed by atoms with E-state index in [0.717, 1.165) is 4.88 Å². The van der Waals surface area contributed by atoms with Gasteiger partial charge in [-0.05, 0) is 13.8 Å². The van der Waals surface area contributed by atoms with E-state index in [9.17, 15) is 9.59 Å². The second kappa shape index (κ2) is 5.24. The minimum Gasteiger partial charge on any atom is -0.461 e. The van der Waals surface area contributed by atoms with Gasteiger partial charge in [0.25, 0.3) is 0 Å². The predicted molar refractivity (Wildman–Crippen MR) is 69.4 cm³/mol. The molecule has 7 heteroatoms. The molecule has 0 aliphatic carbocycles. The van der Waals surface area contributed by atoms with Crippen LogP contribution in [-0.4, -0.2) is 35.4 Å². The van der Waals surface area contributed by atoms with Crippen LogP contribution in [0.4, 0.5) is 5.13 Å². The van der Waals surface area contributed by atoms with Crippen LogP contribution in [0, 0.1) is 6.92 Å². The third kappa shape index (κ3) is 2.49. The lowest BCUT2D eigenvalue weighted by Crippen LogP contribution is -2.24. The van der Waals surface area contributed by atoms with E-state index < -0.39 is 5.97 Å². The molecular weight excluding hydrogens is 276 g/mol. The van der Waals surface area contributed by atoms with E-state index in [1.54, 1.807) is 13.8 Å². The highest BCUT2D eigenvalue weighted by molar-refractivity contribution is 7.16. The van der Waals surface area contributed by atoms with Gasteiger partial charge in [0.2, 0.25) is 5.91 Å². The number of esters is 1. The van der Waals surface area contributed by atoms with Crippen LogP contribution in [-0.2, 0) is 9.53 Å². The van der Waals surface area contributed by atoms with Gasteiger partial charge < -0.3 is 4.74 Å². The van der Waals surface area contributed by atoms with Gasteiger partial charge in [0.15, 0.2) is 10.8 Å². The number of aryl methyl sites for hydroxylation is 1. The Morgan fingerprint density at radius 3 is 2.94 bits per heavy atom. The zero-order valence-corrected chi connectivity index (χ0v) is 11.7. The van der Waals surface area contributed by atoms with Crippen molar-refractivity contribution in [2.45, 2.75) is 25.6 Å². The average Bonchev–Trinajstić information content (AvgIpc) is 2.82. The molecule has 0 saturated carbocycles. The number of halogens is 1. The number of anilines is 1. The van der Waals surface area contributed by atoms with Crippen molar-refractivity contribution in [3.63, 3.8) is 0 Å². The van der Waals surface area contributed by atoms with Crippen LogP contribution in [0.5, 0.6) is 0 Å². The summed E-state index contributed by atoms with van der Waals surface area (Å²) in [6.45, 7) is 4.27. The quantitative estimate of drug-likeness (QED) is 0.630. The molecule has 1 amide bonds. The molecule has 1 aromatic rings. The number of ether oxygens (including phenoxy) is 1. The number of hydrogen-bond acceptors (Lipinski definition) is 5. The third-order valence-corrected chi connectivity index (χ3v) is 3.85. The Balaban J connectivity index is 2.23. The first kappa shape index (κ1) is 13.3. The minimum absolute atomic E-state index is 0.0563. The number of aromatic nitrogens is 1. The lowest BCUT2D eigenvalue weighted by Gasteiger charge is -2.10. The van der Waals surface area contributed by atoms with E-state index in [2.05, 4.69) is 4.98 Å². The monoisotopic (exact) mass is 288 g/mol. The van der Waals surface area contributed by atoms with Crippen LogP contribution in [0.15, 0.2) is 0 Å². The molecule has 1 aliphatic heterocycles. The summed E-state index contributed by atoms with van der Waals surface area (Å²) in [6, 6.07) is 0. The first-order valence-corrected chi connectivity index (χ1v) is 6.87. The molecule has 1 fully saturated rings. The van der Waals surface area contributed by atoms with Crippen LogP contribution < -0.4 is 4.90 Å². The molecule has 0 bridgehead atoms. The molecule has 1 atom stereocenters. The molecule has 1 aromatic heterocycles. The number of rotatable bonds is 3. The molecule has 18 heavy (non-hydrogen) atoms. The molecule has 0 aromatic carbocycles. The van der Waals surface area contributed by atoms with E-state index >= 15 is 0 Å². The van der Waals surface area contributed by atoms with E-state index in [1.165, 1.54) is 16.2 Å². The van der Waals surface area contributed by atoms with E-state index in [4.69, 9.17) is 16.3 Å². The first-order valence-electron chi connectivity index (χ1n) is 5.62. The standard InChI is InChI=1S/C11H13ClN2O3S/c1-3-17-10(16)9-6(2)18-11(13-9)14-5-7(12)4-8(14)15/h7H,3-5H2,1-2H3. The number of carbonyl (C=O) groups excluding carboxylic acids is 2. The lowest BCUT2D eigenvalue weighted by molar-refractivity contribution is -0.117. The normalized spacial score (nSPS) is 19.4. The summed E-state index contributed by atoms with van der Waals surface area (Å²) >= 11 is 7.24. The van der Waals surface area contributed by atoms with Crippen LogP contribution in [0.3, 0.4) is 0 Å². The molecule has 2 heterocycles. The number of hydrogen-bond donors (Lipinski definition) is 0. The Morgan fingerprint density at radius 1 is 1.67 bits per heavy atom. The van der Waals surface area contributed by atoms with E-state index in [-0.39, 0.29) is 17.0 Å². The Labute approximate surface area is 114 Å². The van der Waals surface area contributed by atoms with E-state index in [0.29, 0.717) is 24.7 Å². The summed E-state index contributed by atoms with van der Waals surface area (Å²) in [5.74, 6) is -0.509. The number of thiazole rings is 1. The van der Waals surface area contributed by atoms with Gasteiger partial charge in [0.1, 0.15) is 0 Å². The summed E-state index contributed by atoms with van der Waals surface area (Å²) in [5.41, 5.74) is 0.280. The van der Waals surface area contributed by atoms with Crippen LogP contribution in [0.1, 0.15) is 28.7 Å². The van der Waals surface area contributed by atoms with Crippen molar-refractivity contribution in [2.24, 2.45) is 0 Å². The molecule has 0 spiro atoms. The van der Waals surface area contributed by atoms with E-state index in [1.807, 2.05) is 0 Å². The maximum atomic E-state index is 11.7. The molecule has 1 saturated heterocycles. The number of amides is 1. The third-order valence-electron chi connectivity index (χ3n) is 2.56. The highest BCUT2D eigenvalue weighted by Gasteiger charge is 2.32. The maximum absolute atomic E-state index is 11.7. The van der Waals surface area contributed by atoms with Gasteiger partial charge in [0.05, 0.1) is 12.0 Å². The van der Waals surface area contributed by atoms with Crippen LogP contribution in [0.2, 0.25) is 0 Å². The molecule has 98 valence electrons. The molecule has 5 nitrogen and oxygen atoms in total. The second-order valence-electron chi connectivity index (χ2n) is 3.93. The molecule has 0 radical (unpaired) electrons. The Hall–Kier alpha value is -1.14. The number of carbonyl (C=O) groups is 2. The fourth-order valence-electron chi connectivity index (χ4n) is 1.74. The van der Waals surface area contributed by atoms with Gasteiger partial charge in [-0.15, -0.1) is 22.9 Å². The molecule has 1 unspecified atom stereocenters. The Kier molecular flexibility index (Phi) is 3.87. The fourth-order valence-corrected chi connectivity index (χ4v) is 2.93. The van der Waals surface area contributed by atoms with Crippen LogP contribution >= 0.6 is 22.9 Å². The number of nitrogens with zero attached hydrogens (tertiary/aromatic N) is 2. The Morgan fingerprint density at radius 2 is 2.39 bits per heavy atom. The Bertz CT molecular complexity index is 489. The molecule has 2 rings (SSSR count). The highest BCUT2D eigenvalue weighted by Crippen LogP contribution is 2.30. The predicted octanol–water partition coefficient (Wildman–Crippen LogP) is 1.97. The summed E-state index contributed by atoms with van der Waals surface area (Å²) in [4.78, 5) is 29.8. The SMILES string of the molecule is CCOC(=O)c1nc(N2CC(Cl)CC2=O)sc1C. The van der Waals surface area contributed by atoms with Crippen molar-refractivity contribution < 1.29 is 14.3 Å². The topological polar surface area (TPSA) is 59.5 Å². The molecular formula is C11H13ClN2O3S. The largest absolute Gasteiger partial charge is 0.461 e. The average molecular weight is 289 g/mol. The zero-order valence-electron chi connectivity index (χ0n) is 10.1. The van der Waals surface area contributed by atoms with Gasteiger partial charge in [-0.1, -0.05) is 0 Å². The number of alkyl halides is 1. The second-order valence-corrected chi connectivity index (χ2v) is 5.73. The van der Waals surface area contributed by atoms with Crippen molar-refractivity contribution in [3.8, 4) is 0 Å². The van der Waals surface area contributed by atoms with Gasteiger partial charge >= 0.3 is 5.97 Å². The van der Waals surface area contributed by atoms with Crippen molar-refractivity contribution >= 4 is 39.9 Å². The minimum atomic E-state index is -0.452. The van der Waals surface area contributed by atoms with Gasteiger partial charge in [-0.3, -0.25) is 9.69 Å². The summed E-state index contributed by atoms with van der Waals surface area (Å²) < 4.78 is 4.91.